The molecule has 1 fully saturated rings. The van der Waals surface area contributed by atoms with Crippen LogP contribution in [-0.2, 0) is 4.74 Å². The Hall–Kier alpha value is -2.76. The van der Waals surface area contributed by atoms with Gasteiger partial charge in [-0.15, -0.1) is 17.5 Å². The van der Waals surface area contributed by atoms with Crippen LogP contribution in [0.1, 0.15) is 0 Å². The third-order valence-electron chi connectivity index (χ3n) is 4.60. The quantitative estimate of drug-likeness (QED) is 0.594. The third kappa shape index (κ3) is 4.06. The molecule has 28 heavy (non-hydrogen) atoms. The lowest BCUT2D eigenvalue weighted by molar-refractivity contribution is 0.144. The molecule has 0 aliphatic carbocycles. The highest BCUT2D eigenvalue weighted by molar-refractivity contribution is 5.85. The highest BCUT2D eigenvalue weighted by Crippen LogP contribution is 2.15. The van der Waals surface area contributed by atoms with Gasteiger partial charge in [0.15, 0.2) is 11.5 Å². The van der Waals surface area contributed by atoms with Crippen molar-refractivity contribution in [3.05, 3.63) is 41.3 Å². The monoisotopic (exact) mass is 407 g/mol. The smallest absolute Gasteiger partial charge is 0.298 e. The molecular formula is C16H22ClN9O2. The van der Waals surface area contributed by atoms with Gasteiger partial charge >= 0.3 is 0 Å². The number of aromatic nitrogens is 7. The Balaban J connectivity index is 0.00000225. The number of H-pyrrole nitrogens is 1. The van der Waals surface area contributed by atoms with E-state index >= 15 is 0 Å². The molecule has 11 nitrogen and oxygen atoms in total. The fraction of sp³-hybridized carbons (Fsp3) is 0.438. The number of hydrogen-bond donors (Lipinski definition) is 1. The topological polar surface area (TPSA) is 110 Å². The summed E-state index contributed by atoms with van der Waals surface area (Å²) in [7, 11) is 1.72. The van der Waals surface area contributed by atoms with Gasteiger partial charge in [-0.25, -0.2) is 14.6 Å². The molecule has 12 heteroatoms. The molecule has 1 aliphatic rings. The van der Waals surface area contributed by atoms with Crippen LogP contribution in [0.3, 0.4) is 0 Å². The number of piperazine rings is 1. The minimum Gasteiger partial charge on any atom is -0.383 e. The van der Waals surface area contributed by atoms with E-state index in [-0.39, 0.29) is 18.0 Å². The normalized spacial score (nSPS) is 14.8. The highest BCUT2D eigenvalue weighted by atomic mass is 35.5. The summed E-state index contributed by atoms with van der Waals surface area (Å²) in [5.41, 5.74) is 0.119. The lowest BCUT2D eigenvalue weighted by Crippen LogP contribution is -2.47. The molecule has 1 aliphatic heterocycles. The van der Waals surface area contributed by atoms with Gasteiger partial charge in [-0.05, 0) is 0 Å². The van der Waals surface area contributed by atoms with E-state index in [1.807, 2.05) is 6.07 Å². The SMILES string of the molecule is COCCN1CCN(c2cc(-n3[nH]cc(-n4ccnn4)c3=O)ncn2)CC1.Cl. The van der Waals surface area contributed by atoms with E-state index in [2.05, 4.69) is 35.2 Å². The van der Waals surface area contributed by atoms with Crippen molar-refractivity contribution in [2.45, 2.75) is 0 Å². The maximum absolute atomic E-state index is 12.6. The molecule has 0 bridgehead atoms. The summed E-state index contributed by atoms with van der Waals surface area (Å²) in [5, 5.41) is 10.5. The molecule has 4 rings (SSSR count). The molecule has 0 saturated carbocycles. The summed E-state index contributed by atoms with van der Waals surface area (Å²) in [6.45, 7) is 5.29. The Bertz CT molecular complexity index is 932. The minimum absolute atomic E-state index is 0. The fourth-order valence-corrected chi connectivity index (χ4v) is 3.08. The van der Waals surface area contributed by atoms with Crippen LogP contribution in [0.5, 0.6) is 0 Å². The number of ether oxygens (including phenoxy) is 1. The Morgan fingerprint density at radius 2 is 1.96 bits per heavy atom. The van der Waals surface area contributed by atoms with Gasteiger partial charge in [0.2, 0.25) is 0 Å². The Morgan fingerprint density at radius 3 is 2.68 bits per heavy atom. The average Bonchev–Trinajstić information content (AvgIpc) is 3.36. The van der Waals surface area contributed by atoms with Crippen LogP contribution in [0.2, 0.25) is 0 Å². The predicted octanol–water partition coefficient (Wildman–Crippen LogP) is -0.273. The van der Waals surface area contributed by atoms with Crippen molar-refractivity contribution in [3.8, 4) is 11.5 Å². The van der Waals surface area contributed by atoms with Crippen molar-refractivity contribution < 1.29 is 4.74 Å². The lowest BCUT2D eigenvalue weighted by atomic mass is 10.3. The number of hydrogen-bond acceptors (Lipinski definition) is 8. The average molecular weight is 408 g/mol. The fourth-order valence-electron chi connectivity index (χ4n) is 3.08. The summed E-state index contributed by atoms with van der Waals surface area (Å²) >= 11 is 0. The first-order valence-electron chi connectivity index (χ1n) is 8.72. The first-order chi connectivity index (χ1) is 13.3. The van der Waals surface area contributed by atoms with Crippen LogP contribution in [0, 0.1) is 0 Å². The van der Waals surface area contributed by atoms with Crippen molar-refractivity contribution >= 4 is 18.2 Å². The van der Waals surface area contributed by atoms with Crippen LogP contribution in [0.25, 0.3) is 11.5 Å². The van der Waals surface area contributed by atoms with Crippen molar-refractivity contribution in [1.29, 1.82) is 0 Å². The van der Waals surface area contributed by atoms with Crippen LogP contribution >= 0.6 is 12.4 Å². The van der Waals surface area contributed by atoms with Gasteiger partial charge in [-0.1, -0.05) is 5.21 Å². The summed E-state index contributed by atoms with van der Waals surface area (Å²) < 4.78 is 7.92. The molecule has 0 radical (unpaired) electrons. The summed E-state index contributed by atoms with van der Waals surface area (Å²) in [5.74, 6) is 1.29. The van der Waals surface area contributed by atoms with Gasteiger partial charge < -0.3 is 9.64 Å². The van der Waals surface area contributed by atoms with Gasteiger partial charge in [-0.2, -0.15) is 4.68 Å². The second kappa shape index (κ2) is 8.95. The van der Waals surface area contributed by atoms with Gasteiger partial charge in [0.25, 0.3) is 5.56 Å². The number of nitrogens with zero attached hydrogens (tertiary/aromatic N) is 8. The summed E-state index contributed by atoms with van der Waals surface area (Å²) in [6.07, 6.45) is 6.19. The number of aromatic amines is 1. The van der Waals surface area contributed by atoms with Gasteiger partial charge in [0.1, 0.15) is 12.1 Å². The Labute approximate surface area is 167 Å². The molecule has 3 aromatic rings. The maximum atomic E-state index is 12.6. The number of anilines is 1. The lowest BCUT2D eigenvalue weighted by Gasteiger charge is -2.35. The molecule has 1 saturated heterocycles. The summed E-state index contributed by atoms with van der Waals surface area (Å²) in [6, 6.07) is 1.81. The standard InChI is InChI=1S/C16H21N9O2.ClH/c1-27-9-8-22-4-6-23(7-5-22)14-10-15(18-12-17-14)25-16(26)13(11-20-25)24-3-2-19-21-24;/h2-3,10-12,20H,4-9H2,1H3;1H. The zero-order chi connectivity index (χ0) is 18.6. The molecule has 0 unspecified atom stereocenters. The van der Waals surface area contributed by atoms with E-state index in [4.69, 9.17) is 4.74 Å². The zero-order valence-corrected chi connectivity index (χ0v) is 16.2. The van der Waals surface area contributed by atoms with Crippen molar-refractivity contribution in [1.82, 2.24) is 39.6 Å². The van der Waals surface area contributed by atoms with Gasteiger partial charge in [-0.3, -0.25) is 14.8 Å². The number of halogens is 1. The second-order valence-corrected chi connectivity index (χ2v) is 6.20. The predicted molar refractivity (Wildman–Crippen MR) is 105 cm³/mol. The van der Waals surface area contributed by atoms with E-state index in [9.17, 15) is 4.79 Å². The van der Waals surface area contributed by atoms with Crippen molar-refractivity contribution in [2.75, 3.05) is 51.3 Å². The zero-order valence-electron chi connectivity index (χ0n) is 15.4. The van der Waals surface area contributed by atoms with Crippen LogP contribution in [0.15, 0.2) is 35.8 Å². The van der Waals surface area contributed by atoms with Crippen molar-refractivity contribution in [3.63, 3.8) is 0 Å². The van der Waals surface area contributed by atoms with Crippen LogP contribution in [-0.4, -0.2) is 86.1 Å². The molecular weight excluding hydrogens is 386 g/mol. The van der Waals surface area contributed by atoms with E-state index in [0.717, 1.165) is 45.1 Å². The number of methoxy groups -OCH3 is 1. The van der Waals surface area contributed by atoms with E-state index < -0.39 is 0 Å². The van der Waals surface area contributed by atoms with Crippen molar-refractivity contribution in [2.24, 2.45) is 0 Å². The Kier molecular flexibility index (Phi) is 6.39. The molecule has 0 aromatic carbocycles. The first kappa shape index (κ1) is 20.0. The molecule has 1 N–H and O–H groups in total. The van der Waals surface area contributed by atoms with Gasteiger partial charge in [0.05, 0.1) is 25.2 Å². The molecule has 0 atom stereocenters. The molecule has 0 amide bonds. The third-order valence-corrected chi connectivity index (χ3v) is 4.60. The Morgan fingerprint density at radius 1 is 1.18 bits per heavy atom. The van der Waals surface area contributed by atoms with Crippen LogP contribution in [0.4, 0.5) is 5.82 Å². The van der Waals surface area contributed by atoms with Gasteiger partial charge in [0, 0.05) is 45.9 Å². The van der Waals surface area contributed by atoms with Crippen LogP contribution < -0.4 is 10.5 Å². The van der Waals surface area contributed by atoms with E-state index in [1.54, 1.807) is 19.5 Å². The maximum Gasteiger partial charge on any atom is 0.298 e. The molecule has 150 valence electrons. The number of nitrogens with one attached hydrogen (secondary N) is 1. The molecule has 3 aromatic heterocycles. The summed E-state index contributed by atoms with van der Waals surface area (Å²) in [4.78, 5) is 25.8. The molecule has 4 heterocycles. The second-order valence-electron chi connectivity index (χ2n) is 6.20. The largest absolute Gasteiger partial charge is 0.383 e. The highest BCUT2D eigenvalue weighted by Gasteiger charge is 2.19. The minimum atomic E-state index is -0.255. The number of rotatable bonds is 6. The first-order valence-corrected chi connectivity index (χ1v) is 8.72. The van der Waals surface area contributed by atoms with E-state index in [1.165, 1.54) is 21.9 Å². The molecule has 0 spiro atoms. The van der Waals surface area contributed by atoms with E-state index in [0.29, 0.717) is 11.5 Å².